The summed E-state index contributed by atoms with van der Waals surface area (Å²) in [5.74, 6) is -1.42. The number of aryl methyl sites for hydroxylation is 1. The molecule has 8 heteroatoms. The van der Waals surface area contributed by atoms with Crippen LogP contribution in [0.4, 0.5) is 5.69 Å². The number of allylic oxidation sites excluding steroid dienone is 2. The summed E-state index contributed by atoms with van der Waals surface area (Å²) >= 11 is 0. The van der Waals surface area contributed by atoms with Gasteiger partial charge in [-0.15, -0.1) is 0 Å². The van der Waals surface area contributed by atoms with Crippen LogP contribution in [-0.4, -0.2) is 40.8 Å². The van der Waals surface area contributed by atoms with Gasteiger partial charge >= 0.3 is 11.9 Å². The molecule has 0 spiro atoms. The van der Waals surface area contributed by atoms with Crippen molar-refractivity contribution in [2.24, 2.45) is 0 Å². The van der Waals surface area contributed by atoms with Gasteiger partial charge in [0, 0.05) is 18.1 Å². The highest BCUT2D eigenvalue weighted by Gasteiger charge is 2.28. The van der Waals surface area contributed by atoms with Gasteiger partial charge in [-0.3, -0.25) is 0 Å². The number of hydrogen-bond donors (Lipinski definition) is 0. The molecule has 1 heterocycles. The molecule has 0 saturated heterocycles. The van der Waals surface area contributed by atoms with Gasteiger partial charge in [-0.2, -0.15) is 0 Å². The van der Waals surface area contributed by atoms with E-state index < -0.39 is 21.8 Å². The number of nitrogens with zero attached hydrogens (tertiary/aromatic N) is 1. The van der Waals surface area contributed by atoms with Crippen LogP contribution in [0.3, 0.4) is 0 Å². The average molecular weight is 377 g/mol. The number of benzene rings is 1. The predicted octanol–water partition coefficient (Wildman–Crippen LogP) is 1.89. The normalized spacial score (nSPS) is 14.2. The summed E-state index contributed by atoms with van der Waals surface area (Å²) < 4.78 is 33.1. The number of rotatable bonds is 4. The second-order valence-corrected chi connectivity index (χ2v) is 7.55. The zero-order chi connectivity index (χ0) is 19.5. The summed E-state index contributed by atoms with van der Waals surface area (Å²) in [6, 6.07) is 4.51. The lowest BCUT2D eigenvalue weighted by atomic mass is 10.1. The van der Waals surface area contributed by atoms with Gasteiger partial charge in [-0.1, -0.05) is 6.08 Å². The van der Waals surface area contributed by atoms with Gasteiger partial charge in [0.05, 0.1) is 24.7 Å². The van der Waals surface area contributed by atoms with Crippen molar-refractivity contribution in [1.29, 1.82) is 0 Å². The van der Waals surface area contributed by atoms with Gasteiger partial charge in [0.2, 0.25) is 0 Å². The molecule has 26 heavy (non-hydrogen) atoms. The molecule has 0 saturated carbocycles. The number of hydrogen-bond acceptors (Lipinski definition) is 7. The molecular formula is C18H19NO6S. The summed E-state index contributed by atoms with van der Waals surface area (Å²) in [6.07, 6.45) is 7.39. The van der Waals surface area contributed by atoms with E-state index in [1.165, 1.54) is 37.3 Å². The number of sulfone groups is 1. The summed E-state index contributed by atoms with van der Waals surface area (Å²) in [5, 5.41) is 0. The molecule has 1 aromatic carbocycles. The fourth-order valence-electron chi connectivity index (χ4n) is 2.48. The van der Waals surface area contributed by atoms with E-state index >= 15 is 0 Å². The molecule has 2 rings (SSSR count). The Kier molecular flexibility index (Phi) is 5.66. The molecule has 138 valence electrons. The van der Waals surface area contributed by atoms with Gasteiger partial charge in [0.1, 0.15) is 5.70 Å². The summed E-state index contributed by atoms with van der Waals surface area (Å²) in [6.45, 7) is 1.71. The molecule has 0 fully saturated rings. The summed E-state index contributed by atoms with van der Waals surface area (Å²) in [5.41, 5.74) is 1.12. The van der Waals surface area contributed by atoms with E-state index in [9.17, 15) is 18.0 Å². The van der Waals surface area contributed by atoms with Crippen molar-refractivity contribution in [3.8, 4) is 0 Å². The van der Waals surface area contributed by atoms with E-state index in [2.05, 4.69) is 0 Å². The highest BCUT2D eigenvalue weighted by Crippen LogP contribution is 2.30. The minimum Gasteiger partial charge on any atom is -0.465 e. The van der Waals surface area contributed by atoms with E-state index in [1.54, 1.807) is 31.3 Å². The van der Waals surface area contributed by atoms with Crippen molar-refractivity contribution >= 4 is 27.5 Å². The van der Waals surface area contributed by atoms with Crippen molar-refractivity contribution in [2.75, 3.05) is 25.4 Å². The molecule has 7 nitrogen and oxygen atoms in total. The van der Waals surface area contributed by atoms with Crippen molar-refractivity contribution in [3.05, 3.63) is 59.5 Å². The van der Waals surface area contributed by atoms with Crippen LogP contribution in [-0.2, 0) is 28.9 Å². The molecule has 0 bridgehead atoms. The lowest BCUT2D eigenvalue weighted by Gasteiger charge is -2.25. The molecule has 0 radical (unpaired) electrons. The van der Waals surface area contributed by atoms with E-state index in [4.69, 9.17) is 9.47 Å². The molecule has 0 amide bonds. The Hall–Kier alpha value is -2.87. The van der Waals surface area contributed by atoms with E-state index in [1.807, 2.05) is 0 Å². The second-order valence-electron chi connectivity index (χ2n) is 5.54. The van der Waals surface area contributed by atoms with Crippen LogP contribution in [0.15, 0.2) is 58.8 Å². The third-order valence-corrected chi connectivity index (χ3v) is 4.86. The van der Waals surface area contributed by atoms with Crippen LogP contribution >= 0.6 is 0 Å². The fraction of sp³-hybridized carbons (Fsp3) is 0.222. The number of carbonyl (C=O) groups excluding carboxylic acids is 2. The van der Waals surface area contributed by atoms with Crippen LogP contribution in [0, 0.1) is 6.92 Å². The lowest BCUT2D eigenvalue weighted by molar-refractivity contribution is -0.139. The smallest absolute Gasteiger partial charge is 0.355 e. The average Bonchev–Trinajstić information content (AvgIpc) is 2.82. The van der Waals surface area contributed by atoms with Gasteiger partial charge in [0.25, 0.3) is 0 Å². The number of carbonyl (C=O) groups is 2. The highest BCUT2D eigenvalue weighted by molar-refractivity contribution is 7.90. The number of ether oxygens (including phenoxy) is 2. The minimum atomic E-state index is -3.37. The Labute approximate surface area is 152 Å². The van der Waals surface area contributed by atoms with E-state index in [0.717, 1.165) is 6.26 Å². The zero-order valence-corrected chi connectivity index (χ0v) is 15.7. The van der Waals surface area contributed by atoms with Crippen LogP contribution in [0.5, 0.6) is 0 Å². The lowest BCUT2D eigenvalue weighted by Crippen LogP contribution is -2.27. The van der Waals surface area contributed by atoms with E-state index in [0.29, 0.717) is 11.3 Å². The first-order chi connectivity index (χ1) is 12.2. The topological polar surface area (TPSA) is 90.0 Å². The maximum absolute atomic E-state index is 12.4. The summed E-state index contributed by atoms with van der Waals surface area (Å²) in [4.78, 5) is 26.1. The fourth-order valence-corrected chi connectivity index (χ4v) is 3.19. The van der Waals surface area contributed by atoms with Crippen molar-refractivity contribution < 1.29 is 27.5 Å². The van der Waals surface area contributed by atoms with Crippen LogP contribution < -0.4 is 4.90 Å². The molecule has 0 N–H and O–H groups in total. The molecule has 1 aliphatic heterocycles. The standard InChI is InChI=1S/C18H19NO6S/c1-12-11-13(26(4,22)23)8-9-15(12)19-10-6-5-7-14(17(20)24-2)16(19)18(21)25-3/h5-11H,1-4H3. The van der Waals surface area contributed by atoms with Gasteiger partial charge in [-0.25, -0.2) is 18.0 Å². The maximum atomic E-state index is 12.4. The van der Waals surface area contributed by atoms with Crippen LogP contribution in [0.25, 0.3) is 0 Å². The van der Waals surface area contributed by atoms with Crippen LogP contribution in [0.2, 0.25) is 0 Å². The summed E-state index contributed by atoms with van der Waals surface area (Å²) in [7, 11) is -0.945. The zero-order valence-electron chi connectivity index (χ0n) is 14.8. The number of methoxy groups -OCH3 is 2. The first-order valence-electron chi connectivity index (χ1n) is 7.56. The SMILES string of the molecule is COC(=O)C1=C(C(=O)OC)N(c2ccc(S(C)(=O)=O)cc2C)C=CC=C1. The van der Waals surface area contributed by atoms with Crippen LogP contribution in [0.1, 0.15) is 5.56 Å². The molecule has 0 aromatic heterocycles. The first kappa shape index (κ1) is 19.5. The Morgan fingerprint density at radius 1 is 1.04 bits per heavy atom. The quantitative estimate of drug-likeness (QED) is 0.740. The molecule has 1 aliphatic rings. The van der Waals surface area contributed by atoms with Gasteiger partial charge in [0.15, 0.2) is 9.84 Å². The number of anilines is 1. The Balaban J connectivity index is 2.69. The van der Waals surface area contributed by atoms with E-state index in [-0.39, 0.29) is 16.2 Å². The monoisotopic (exact) mass is 377 g/mol. The first-order valence-corrected chi connectivity index (χ1v) is 9.45. The Morgan fingerprint density at radius 3 is 2.23 bits per heavy atom. The molecule has 1 aromatic rings. The van der Waals surface area contributed by atoms with Crippen molar-refractivity contribution in [1.82, 2.24) is 0 Å². The Morgan fingerprint density at radius 2 is 1.69 bits per heavy atom. The second kappa shape index (κ2) is 7.57. The third kappa shape index (κ3) is 3.85. The molecule has 0 atom stereocenters. The molecule has 0 aliphatic carbocycles. The minimum absolute atomic E-state index is 0.0240. The third-order valence-electron chi connectivity index (χ3n) is 3.75. The number of esters is 2. The maximum Gasteiger partial charge on any atom is 0.355 e. The largest absolute Gasteiger partial charge is 0.465 e. The van der Waals surface area contributed by atoms with Gasteiger partial charge < -0.3 is 14.4 Å². The van der Waals surface area contributed by atoms with Crippen molar-refractivity contribution in [3.63, 3.8) is 0 Å². The molecule has 0 unspecified atom stereocenters. The van der Waals surface area contributed by atoms with Crippen molar-refractivity contribution in [2.45, 2.75) is 11.8 Å². The Bertz CT molecular complexity index is 940. The molecular weight excluding hydrogens is 358 g/mol. The van der Waals surface area contributed by atoms with Gasteiger partial charge in [-0.05, 0) is 42.8 Å². The predicted molar refractivity (Wildman–Crippen MR) is 96.1 cm³/mol. The highest BCUT2D eigenvalue weighted by atomic mass is 32.2.